The zero-order valence-electron chi connectivity index (χ0n) is 11.3. The fraction of sp³-hybridized carbons (Fsp3) is 0.286. The molecule has 0 unspecified atom stereocenters. The number of aryl methyl sites for hydroxylation is 3. The van der Waals surface area contributed by atoms with Crippen molar-refractivity contribution in [2.75, 3.05) is 5.73 Å². The third kappa shape index (κ3) is 1.78. The minimum Gasteiger partial charge on any atom is -0.397 e. The number of hydrogen-bond acceptors (Lipinski definition) is 4. The third-order valence-electron chi connectivity index (χ3n) is 3.50. The molecule has 2 N–H and O–H groups in total. The number of anilines is 1. The Bertz CT molecular complexity index is 735. The van der Waals surface area contributed by atoms with Gasteiger partial charge in [0.15, 0.2) is 0 Å². The van der Waals surface area contributed by atoms with Gasteiger partial charge < -0.3 is 14.8 Å². The summed E-state index contributed by atoms with van der Waals surface area (Å²) in [6.07, 6.45) is 0. The molecule has 0 saturated heterocycles. The molecule has 0 atom stereocenters. The van der Waals surface area contributed by atoms with E-state index in [1.54, 1.807) is 0 Å². The second-order valence-electron chi connectivity index (χ2n) is 4.76. The standard InChI is InChI=1S/C14H16N4O/c1-8-11(9(2)19-17-8)7-18-10(3)16-14-12(15)5-4-6-13(14)18/h4-6H,7,15H2,1-3H3. The first-order chi connectivity index (χ1) is 9.08. The zero-order valence-corrected chi connectivity index (χ0v) is 11.3. The maximum absolute atomic E-state index is 5.96. The van der Waals surface area contributed by atoms with Gasteiger partial charge in [0, 0.05) is 5.56 Å². The molecule has 0 aliphatic heterocycles. The largest absolute Gasteiger partial charge is 0.397 e. The van der Waals surface area contributed by atoms with E-state index < -0.39 is 0 Å². The third-order valence-corrected chi connectivity index (χ3v) is 3.50. The van der Waals surface area contributed by atoms with Crippen LogP contribution in [0.25, 0.3) is 11.0 Å². The Hall–Kier alpha value is -2.30. The van der Waals surface area contributed by atoms with Gasteiger partial charge in [-0.15, -0.1) is 0 Å². The minimum atomic E-state index is 0.701. The van der Waals surface area contributed by atoms with Crippen LogP contribution in [-0.4, -0.2) is 14.7 Å². The molecule has 2 heterocycles. The zero-order chi connectivity index (χ0) is 13.6. The van der Waals surface area contributed by atoms with Crippen LogP contribution in [0.5, 0.6) is 0 Å². The predicted molar refractivity (Wildman–Crippen MR) is 74.0 cm³/mol. The maximum atomic E-state index is 5.96. The van der Waals surface area contributed by atoms with Crippen molar-refractivity contribution in [2.24, 2.45) is 0 Å². The van der Waals surface area contributed by atoms with Gasteiger partial charge in [0.1, 0.15) is 17.1 Å². The van der Waals surface area contributed by atoms with E-state index in [4.69, 9.17) is 10.3 Å². The van der Waals surface area contributed by atoms with E-state index in [2.05, 4.69) is 14.7 Å². The summed E-state index contributed by atoms with van der Waals surface area (Å²) in [6, 6.07) is 5.85. The SMILES string of the molecule is Cc1noc(C)c1Cn1c(C)nc2c(N)cccc21. The number of rotatable bonds is 2. The highest BCUT2D eigenvalue weighted by Gasteiger charge is 2.14. The minimum absolute atomic E-state index is 0.701. The molecule has 3 rings (SSSR count). The average molecular weight is 256 g/mol. The second kappa shape index (κ2) is 4.12. The molecule has 0 bridgehead atoms. The van der Waals surface area contributed by atoms with Crippen molar-refractivity contribution in [1.29, 1.82) is 0 Å². The van der Waals surface area contributed by atoms with Gasteiger partial charge in [-0.25, -0.2) is 4.98 Å². The van der Waals surface area contributed by atoms with Gasteiger partial charge in [0.2, 0.25) is 0 Å². The smallest absolute Gasteiger partial charge is 0.138 e. The Labute approximate surface area is 111 Å². The van der Waals surface area contributed by atoms with Gasteiger partial charge in [-0.1, -0.05) is 11.2 Å². The van der Waals surface area contributed by atoms with Crippen LogP contribution < -0.4 is 5.73 Å². The highest BCUT2D eigenvalue weighted by Crippen LogP contribution is 2.24. The summed E-state index contributed by atoms with van der Waals surface area (Å²) >= 11 is 0. The summed E-state index contributed by atoms with van der Waals surface area (Å²) in [5.74, 6) is 1.79. The number of hydrogen-bond donors (Lipinski definition) is 1. The average Bonchev–Trinajstić information content (AvgIpc) is 2.86. The van der Waals surface area contributed by atoms with E-state index in [1.165, 1.54) is 0 Å². The van der Waals surface area contributed by atoms with Crippen LogP contribution in [0.3, 0.4) is 0 Å². The number of para-hydroxylation sites is 1. The summed E-state index contributed by atoms with van der Waals surface area (Å²) in [5, 5.41) is 3.99. The van der Waals surface area contributed by atoms with Crippen LogP contribution in [0.1, 0.15) is 22.8 Å². The number of imidazole rings is 1. The Balaban J connectivity index is 2.16. The van der Waals surface area contributed by atoms with E-state index in [-0.39, 0.29) is 0 Å². The van der Waals surface area contributed by atoms with Crippen LogP contribution in [0.15, 0.2) is 22.7 Å². The molecule has 2 aromatic heterocycles. The van der Waals surface area contributed by atoms with E-state index in [9.17, 15) is 0 Å². The molecule has 0 aliphatic rings. The number of benzene rings is 1. The van der Waals surface area contributed by atoms with Crippen molar-refractivity contribution in [3.05, 3.63) is 41.0 Å². The lowest BCUT2D eigenvalue weighted by atomic mass is 10.2. The second-order valence-corrected chi connectivity index (χ2v) is 4.76. The van der Waals surface area contributed by atoms with Crippen LogP contribution in [0, 0.1) is 20.8 Å². The van der Waals surface area contributed by atoms with Gasteiger partial charge in [-0.2, -0.15) is 0 Å². The number of aromatic nitrogens is 3. The molecule has 0 amide bonds. The first-order valence-electron chi connectivity index (χ1n) is 6.21. The Morgan fingerprint density at radius 1 is 1.26 bits per heavy atom. The molecule has 1 aromatic carbocycles. The lowest BCUT2D eigenvalue weighted by Crippen LogP contribution is -2.03. The van der Waals surface area contributed by atoms with E-state index >= 15 is 0 Å². The monoisotopic (exact) mass is 256 g/mol. The molecule has 5 nitrogen and oxygen atoms in total. The van der Waals surface area contributed by atoms with Gasteiger partial charge >= 0.3 is 0 Å². The summed E-state index contributed by atoms with van der Waals surface area (Å²) in [6.45, 7) is 6.57. The van der Waals surface area contributed by atoms with Crippen LogP contribution in [0.2, 0.25) is 0 Å². The van der Waals surface area contributed by atoms with Crippen LogP contribution in [-0.2, 0) is 6.54 Å². The molecule has 19 heavy (non-hydrogen) atoms. The van der Waals surface area contributed by atoms with Crippen molar-refractivity contribution < 1.29 is 4.52 Å². The van der Waals surface area contributed by atoms with Crippen molar-refractivity contribution in [3.63, 3.8) is 0 Å². The lowest BCUT2D eigenvalue weighted by molar-refractivity contribution is 0.392. The fourth-order valence-electron chi connectivity index (χ4n) is 2.37. The normalized spacial score (nSPS) is 11.3. The molecule has 5 heteroatoms. The van der Waals surface area contributed by atoms with Crippen molar-refractivity contribution in [1.82, 2.24) is 14.7 Å². The Morgan fingerprint density at radius 2 is 2.05 bits per heavy atom. The fourth-order valence-corrected chi connectivity index (χ4v) is 2.37. The number of nitrogen functional groups attached to an aromatic ring is 1. The number of fused-ring (bicyclic) bond motifs is 1. The number of nitrogens with zero attached hydrogens (tertiary/aromatic N) is 3. The predicted octanol–water partition coefficient (Wildman–Crippen LogP) is 2.58. The Morgan fingerprint density at radius 3 is 2.74 bits per heavy atom. The molecule has 3 aromatic rings. The molecule has 0 radical (unpaired) electrons. The van der Waals surface area contributed by atoms with Crippen LogP contribution in [0.4, 0.5) is 5.69 Å². The molecule has 0 fully saturated rings. The van der Waals surface area contributed by atoms with E-state index in [0.717, 1.165) is 33.9 Å². The number of nitrogens with two attached hydrogens (primary N) is 1. The molecular weight excluding hydrogens is 240 g/mol. The molecular formula is C14H16N4O. The van der Waals surface area contributed by atoms with Crippen molar-refractivity contribution in [3.8, 4) is 0 Å². The Kier molecular flexibility index (Phi) is 2.55. The summed E-state index contributed by atoms with van der Waals surface area (Å²) in [5.41, 5.74) is 10.6. The topological polar surface area (TPSA) is 69.9 Å². The summed E-state index contributed by atoms with van der Waals surface area (Å²) in [7, 11) is 0. The highest BCUT2D eigenvalue weighted by atomic mass is 16.5. The summed E-state index contributed by atoms with van der Waals surface area (Å²) in [4.78, 5) is 4.54. The van der Waals surface area contributed by atoms with Gasteiger partial charge in [0.05, 0.1) is 23.4 Å². The molecule has 98 valence electrons. The van der Waals surface area contributed by atoms with Gasteiger partial charge in [-0.3, -0.25) is 0 Å². The molecule has 0 saturated carbocycles. The first-order valence-corrected chi connectivity index (χ1v) is 6.21. The van der Waals surface area contributed by atoms with Crippen molar-refractivity contribution in [2.45, 2.75) is 27.3 Å². The molecule has 0 spiro atoms. The lowest BCUT2D eigenvalue weighted by Gasteiger charge is -2.06. The highest BCUT2D eigenvalue weighted by molar-refractivity contribution is 5.87. The van der Waals surface area contributed by atoms with Crippen molar-refractivity contribution >= 4 is 16.7 Å². The summed E-state index contributed by atoms with van der Waals surface area (Å²) < 4.78 is 7.35. The first kappa shape index (κ1) is 11.8. The maximum Gasteiger partial charge on any atom is 0.138 e. The van der Waals surface area contributed by atoms with Crippen LogP contribution >= 0.6 is 0 Å². The van der Waals surface area contributed by atoms with Gasteiger partial charge in [-0.05, 0) is 32.9 Å². The van der Waals surface area contributed by atoms with Gasteiger partial charge in [0.25, 0.3) is 0 Å². The van der Waals surface area contributed by atoms with E-state index in [1.807, 2.05) is 39.0 Å². The quantitative estimate of drug-likeness (QED) is 0.715. The van der Waals surface area contributed by atoms with E-state index in [0.29, 0.717) is 12.2 Å². The molecule has 0 aliphatic carbocycles.